The van der Waals surface area contributed by atoms with E-state index in [1.165, 1.54) is 0 Å². The zero-order chi connectivity index (χ0) is 14.9. The second-order valence-corrected chi connectivity index (χ2v) is 6.10. The lowest BCUT2D eigenvalue weighted by Crippen LogP contribution is -2.52. The molecule has 2 aliphatic rings. The predicted octanol–water partition coefficient (Wildman–Crippen LogP) is 1.52. The number of pyridine rings is 1. The molecule has 0 aliphatic carbocycles. The van der Waals surface area contributed by atoms with Crippen molar-refractivity contribution in [3.63, 3.8) is 0 Å². The van der Waals surface area contributed by atoms with Gasteiger partial charge in [-0.25, -0.2) is 4.98 Å². The van der Waals surface area contributed by atoms with Crippen molar-refractivity contribution in [2.45, 2.75) is 32.6 Å². The first kappa shape index (κ1) is 14.0. The number of aromatic nitrogens is 1. The zero-order valence-corrected chi connectivity index (χ0v) is 12.4. The molecule has 3 rings (SSSR count). The third-order valence-electron chi connectivity index (χ3n) is 4.71. The van der Waals surface area contributed by atoms with Crippen LogP contribution in [0.4, 0.5) is 0 Å². The van der Waals surface area contributed by atoms with Gasteiger partial charge in [-0.3, -0.25) is 9.59 Å². The minimum absolute atomic E-state index is 0.0234. The third-order valence-corrected chi connectivity index (χ3v) is 4.71. The minimum Gasteiger partial charge on any atom is -0.356 e. The molecule has 2 amide bonds. The number of carbonyl (C=O) groups is 2. The number of piperidine rings is 2. The van der Waals surface area contributed by atoms with Crippen LogP contribution in [0.1, 0.15) is 41.9 Å². The molecule has 21 heavy (non-hydrogen) atoms. The van der Waals surface area contributed by atoms with E-state index in [4.69, 9.17) is 0 Å². The summed E-state index contributed by atoms with van der Waals surface area (Å²) in [6.45, 7) is 3.95. The summed E-state index contributed by atoms with van der Waals surface area (Å²) in [5, 5.41) is 2.97. The van der Waals surface area contributed by atoms with Gasteiger partial charge in [0.25, 0.3) is 5.91 Å². The van der Waals surface area contributed by atoms with Gasteiger partial charge in [-0.15, -0.1) is 0 Å². The average Bonchev–Trinajstić information content (AvgIpc) is 2.50. The Kier molecular flexibility index (Phi) is 3.66. The fourth-order valence-corrected chi connectivity index (χ4v) is 3.37. The van der Waals surface area contributed by atoms with Crippen molar-refractivity contribution in [1.82, 2.24) is 15.2 Å². The van der Waals surface area contributed by atoms with E-state index < -0.39 is 0 Å². The van der Waals surface area contributed by atoms with Crippen molar-refractivity contribution in [2.24, 2.45) is 5.41 Å². The van der Waals surface area contributed by atoms with Gasteiger partial charge in [0.15, 0.2) is 0 Å². The van der Waals surface area contributed by atoms with Crippen molar-refractivity contribution < 1.29 is 9.59 Å². The molecule has 0 atom stereocenters. The molecule has 0 unspecified atom stereocenters. The summed E-state index contributed by atoms with van der Waals surface area (Å²) in [6.07, 6.45) is 3.51. The Labute approximate surface area is 124 Å². The maximum Gasteiger partial charge on any atom is 0.272 e. The molecule has 1 spiro atoms. The number of aryl methyl sites for hydroxylation is 1. The number of nitrogens with one attached hydrogen (secondary N) is 1. The molecule has 0 radical (unpaired) electrons. The molecule has 0 aromatic carbocycles. The molecule has 1 aromatic rings. The molecule has 5 heteroatoms. The first-order chi connectivity index (χ1) is 10.1. The number of hydrogen-bond acceptors (Lipinski definition) is 3. The van der Waals surface area contributed by atoms with Gasteiger partial charge in [-0.05, 0) is 44.7 Å². The van der Waals surface area contributed by atoms with Crippen LogP contribution in [-0.4, -0.2) is 41.3 Å². The minimum atomic E-state index is -0.241. The molecule has 2 aliphatic heterocycles. The van der Waals surface area contributed by atoms with Gasteiger partial charge in [-0.1, -0.05) is 6.07 Å². The summed E-state index contributed by atoms with van der Waals surface area (Å²) in [4.78, 5) is 30.7. The predicted molar refractivity (Wildman–Crippen MR) is 78.8 cm³/mol. The highest BCUT2D eigenvalue weighted by molar-refractivity contribution is 5.92. The van der Waals surface area contributed by atoms with E-state index in [0.717, 1.165) is 37.9 Å². The SMILES string of the molecule is Cc1cccc(C(=O)N2CCC3(CCCNC3=O)CC2)n1. The molecule has 0 bridgehead atoms. The van der Waals surface area contributed by atoms with Crippen LogP contribution in [0.15, 0.2) is 18.2 Å². The van der Waals surface area contributed by atoms with E-state index in [1.54, 1.807) is 6.07 Å². The Morgan fingerprint density at radius 2 is 2.05 bits per heavy atom. The van der Waals surface area contributed by atoms with Crippen LogP contribution in [0, 0.1) is 12.3 Å². The molecule has 3 heterocycles. The van der Waals surface area contributed by atoms with Crippen LogP contribution in [0.3, 0.4) is 0 Å². The Hall–Kier alpha value is -1.91. The van der Waals surface area contributed by atoms with Crippen molar-refractivity contribution in [2.75, 3.05) is 19.6 Å². The number of likely N-dealkylation sites (tertiary alicyclic amines) is 1. The van der Waals surface area contributed by atoms with Crippen LogP contribution in [-0.2, 0) is 4.79 Å². The van der Waals surface area contributed by atoms with Crippen molar-refractivity contribution in [3.8, 4) is 0 Å². The summed E-state index contributed by atoms with van der Waals surface area (Å²) < 4.78 is 0. The van der Waals surface area contributed by atoms with E-state index in [0.29, 0.717) is 18.8 Å². The molecular formula is C16H21N3O2. The third kappa shape index (κ3) is 2.64. The van der Waals surface area contributed by atoms with Crippen LogP contribution >= 0.6 is 0 Å². The van der Waals surface area contributed by atoms with Crippen molar-refractivity contribution in [1.29, 1.82) is 0 Å². The summed E-state index contributed by atoms with van der Waals surface area (Å²) >= 11 is 0. The Balaban J connectivity index is 1.68. The second-order valence-electron chi connectivity index (χ2n) is 6.10. The Morgan fingerprint density at radius 3 is 2.71 bits per heavy atom. The first-order valence-electron chi connectivity index (χ1n) is 7.62. The smallest absolute Gasteiger partial charge is 0.272 e. The summed E-state index contributed by atoms with van der Waals surface area (Å²) in [5.74, 6) is 0.152. The first-order valence-corrected chi connectivity index (χ1v) is 7.62. The van der Waals surface area contributed by atoms with E-state index in [1.807, 2.05) is 24.0 Å². The van der Waals surface area contributed by atoms with Gasteiger partial charge in [0.05, 0.1) is 5.41 Å². The van der Waals surface area contributed by atoms with Crippen LogP contribution < -0.4 is 5.32 Å². The average molecular weight is 287 g/mol. The molecule has 5 nitrogen and oxygen atoms in total. The molecule has 2 saturated heterocycles. The van der Waals surface area contributed by atoms with Crippen LogP contribution in [0.5, 0.6) is 0 Å². The van der Waals surface area contributed by atoms with E-state index in [9.17, 15) is 9.59 Å². The van der Waals surface area contributed by atoms with Gasteiger partial charge < -0.3 is 10.2 Å². The quantitative estimate of drug-likeness (QED) is 0.852. The van der Waals surface area contributed by atoms with Gasteiger partial charge in [0.2, 0.25) is 5.91 Å². The number of amides is 2. The molecule has 1 aromatic heterocycles. The monoisotopic (exact) mass is 287 g/mol. The Bertz CT molecular complexity index is 562. The highest BCUT2D eigenvalue weighted by Gasteiger charge is 2.43. The lowest BCUT2D eigenvalue weighted by molar-refractivity contribution is -0.136. The number of carbonyl (C=O) groups excluding carboxylic acids is 2. The lowest BCUT2D eigenvalue weighted by Gasteiger charge is -2.42. The largest absolute Gasteiger partial charge is 0.356 e. The van der Waals surface area contributed by atoms with Gasteiger partial charge in [-0.2, -0.15) is 0 Å². The highest BCUT2D eigenvalue weighted by Crippen LogP contribution is 2.38. The maximum absolute atomic E-state index is 12.5. The second kappa shape index (κ2) is 5.47. The Morgan fingerprint density at radius 1 is 1.29 bits per heavy atom. The fourth-order valence-electron chi connectivity index (χ4n) is 3.37. The molecular weight excluding hydrogens is 266 g/mol. The van der Waals surface area contributed by atoms with Crippen molar-refractivity contribution in [3.05, 3.63) is 29.6 Å². The fraction of sp³-hybridized carbons (Fsp3) is 0.562. The summed E-state index contributed by atoms with van der Waals surface area (Å²) in [7, 11) is 0. The van der Waals surface area contributed by atoms with Crippen LogP contribution in [0.25, 0.3) is 0 Å². The van der Waals surface area contributed by atoms with Crippen LogP contribution in [0.2, 0.25) is 0 Å². The zero-order valence-electron chi connectivity index (χ0n) is 12.4. The number of hydrogen-bond donors (Lipinski definition) is 1. The molecule has 1 N–H and O–H groups in total. The van der Waals surface area contributed by atoms with E-state index in [-0.39, 0.29) is 17.2 Å². The number of nitrogens with zero attached hydrogens (tertiary/aromatic N) is 2. The normalized spacial score (nSPS) is 21.2. The summed E-state index contributed by atoms with van der Waals surface area (Å²) in [5.41, 5.74) is 1.11. The maximum atomic E-state index is 12.5. The molecule has 0 saturated carbocycles. The van der Waals surface area contributed by atoms with Crippen molar-refractivity contribution >= 4 is 11.8 Å². The highest BCUT2D eigenvalue weighted by atomic mass is 16.2. The topological polar surface area (TPSA) is 62.3 Å². The summed E-state index contributed by atoms with van der Waals surface area (Å²) in [6, 6.07) is 5.50. The van der Waals surface area contributed by atoms with Gasteiger partial charge in [0.1, 0.15) is 5.69 Å². The lowest BCUT2D eigenvalue weighted by atomic mass is 9.72. The number of rotatable bonds is 1. The molecule has 112 valence electrons. The van der Waals surface area contributed by atoms with Gasteiger partial charge >= 0.3 is 0 Å². The molecule has 2 fully saturated rings. The van der Waals surface area contributed by atoms with E-state index in [2.05, 4.69) is 10.3 Å². The van der Waals surface area contributed by atoms with Gasteiger partial charge in [0, 0.05) is 25.3 Å². The van der Waals surface area contributed by atoms with E-state index >= 15 is 0 Å². The standard InChI is InChI=1S/C16H21N3O2/c1-12-4-2-5-13(18-12)14(20)19-10-7-16(8-11-19)6-3-9-17-15(16)21/h2,4-5H,3,6-11H2,1H3,(H,17,21).